The first-order chi connectivity index (χ1) is 14.8. The lowest BCUT2D eigenvalue weighted by Gasteiger charge is -2.31. The van der Waals surface area contributed by atoms with E-state index < -0.39 is 0 Å². The van der Waals surface area contributed by atoms with E-state index in [0.29, 0.717) is 12.0 Å². The molecule has 2 nitrogen and oxygen atoms in total. The predicted molar refractivity (Wildman–Crippen MR) is 133 cm³/mol. The van der Waals surface area contributed by atoms with Crippen molar-refractivity contribution in [1.82, 2.24) is 0 Å². The molecule has 2 atom stereocenters. The second-order valence-corrected chi connectivity index (χ2v) is 9.07. The molecule has 2 heterocycles. The van der Waals surface area contributed by atoms with Gasteiger partial charge in [0.2, 0.25) is 5.69 Å². The van der Waals surface area contributed by atoms with E-state index in [2.05, 4.69) is 98.9 Å². The van der Waals surface area contributed by atoms with Crippen molar-refractivity contribution in [2.75, 3.05) is 6.54 Å². The molecule has 2 heteroatoms. The van der Waals surface area contributed by atoms with Gasteiger partial charge >= 0.3 is 0 Å². The van der Waals surface area contributed by atoms with Crippen LogP contribution in [0.15, 0.2) is 67.0 Å². The number of aromatic nitrogens is 1. The van der Waals surface area contributed by atoms with Crippen LogP contribution in [-0.4, -0.2) is 17.8 Å². The molecule has 2 aromatic rings. The Labute approximate surface area is 189 Å². The number of pyridine rings is 1. The van der Waals surface area contributed by atoms with Crippen LogP contribution in [-0.2, 0) is 0 Å². The van der Waals surface area contributed by atoms with Crippen LogP contribution in [0.2, 0.25) is 0 Å². The van der Waals surface area contributed by atoms with Gasteiger partial charge in [0.05, 0.1) is 6.42 Å². The molecule has 0 spiro atoms. The zero-order valence-electron chi connectivity index (χ0n) is 20.0. The van der Waals surface area contributed by atoms with Gasteiger partial charge in [-0.15, -0.1) is 0 Å². The number of allylic oxidation sites excluding steroid dienone is 4. The minimum absolute atomic E-state index is 0.412. The van der Waals surface area contributed by atoms with Gasteiger partial charge in [-0.25, -0.2) is 4.58 Å². The predicted octanol–water partition coefficient (Wildman–Crippen LogP) is 6.75. The number of hydrogen-bond donors (Lipinski definition) is 0. The molecular weight excluding hydrogens is 376 g/mol. The monoisotopic (exact) mass is 414 g/mol. The normalized spacial score (nSPS) is 18.0. The molecule has 1 aromatic carbocycles. The average Bonchev–Trinajstić information content (AvgIpc) is 2.72. The quantitative estimate of drug-likeness (QED) is 0.256. The molecule has 1 aliphatic rings. The van der Waals surface area contributed by atoms with Gasteiger partial charge in [0.25, 0.3) is 0 Å². The molecule has 0 amide bonds. The molecule has 1 aliphatic heterocycles. The Hall–Kier alpha value is -2.74. The smallest absolute Gasteiger partial charge is 0.212 e. The molecular formula is C29H38N2+2. The lowest BCUT2D eigenvalue weighted by atomic mass is 9.77. The van der Waals surface area contributed by atoms with E-state index >= 15 is 0 Å². The summed E-state index contributed by atoms with van der Waals surface area (Å²) in [5.74, 6) is 0.474. The summed E-state index contributed by atoms with van der Waals surface area (Å²) in [6, 6.07) is 9.79. The molecule has 0 saturated carbocycles. The highest BCUT2D eigenvalue weighted by Gasteiger charge is 2.40. The van der Waals surface area contributed by atoms with Crippen LogP contribution in [0.4, 0.5) is 0 Å². The molecule has 0 N–H and O–H groups in total. The molecule has 0 saturated heterocycles. The molecule has 0 fully saturated rings. The van der Waals surface area contributed by atoms with Crippen LogP contribution in [0.25, 0.3) is 11.3 Å². The fourth-order valence-corrected chi connectivity index (χ4v) is 4.83. The maximum atomic E-state index is 4.20. The molecule has 31 heavy (non-hydrogen) atoms. The van der Waals surface area contributed by atoms with Crippen molar-refractivity contribution in [1.29, 1.82) is 0 Å². The van der Waals surface area contributed by atoms with Crippen LogP contribution < -0.4 is 4.57 Å². The Kier molecular flexibility index (Phi) is 7.43. The van der Waals surface area contributed by atoms with Crippen molar-refractivity contribution < 1.29 is 9.14 Å². The topological polar surface area (TPSA) is 6.89 Å². The summed E-state index contributed by atoms with van der Waals surface area (Å²) in [4.78, 5) is 0. The Morgan fingerprint density at radius 2 is 1.90 bits per heavy atom. The number of fused-ring (bicyclic) bond motifs is 3. The number of nitrogens with zero attached hydrogens (tertiary/aromatic N) is 2. The van der Waals surface area contributed by atoms with Crippen molar-refractivity contribution in [3.05, 3.63) is 89.3 Å². The first-order valence-corrected chi connectivity index (χ1v) is 11.5. The number of benzene rings is 1. The van der Waals surface area contributed by atoms with Gasteiger partial charge < -0.3 is 0 Å². The third-order valence-electron chi connectivity index (χ3n) is 6.61. The van der Waals surface area contributed by atoms with Crippen molar-refractivity contribution in [3.8, 4) is 11.3 Å². The Balaban J connectivity index is 2.10. The van der Waals surface area contributed by atoms with E-state index in [1.807, 2.05) is 13.0 Å². The van der Waals surface area contributed by atoms with Crippen LogP contribution >= 0.6 is 0 Å². The zero-order chi connectivity index (χ0) is 22.5. The molecule has 0 bridgehead atoms. The SMILES string of the molecule is C=C/C=C(\C)CCC1c2cc(C)ccc2-c2cc(C)c(C)c[n+]2C1CC[N+](=C)/C=C\C. The summed E-state index contributed by atoms with van der Waals surface area (Å²) in [6.07, 6.45) is 13.8. The first kappa shape index (κ1) is 22.9. The second-order valence-electron chi connectivity index (χ2n) is 9.07. The summed E-state index contributed by atoms with van der Waals surface area (Å²) < 4.78 is 4.62. The van der Waals surface area contributed by atoms with Crippen molar-refractivity contribution >= 4 is 6.72 Å². The molecule has 162 valence electrons. The van der Waals surface area contributed by atoms with Crippen LogP contribution in [0.1, 0.15) is 67.3 Å². The summed E-state index contributed by atoms with van der Waals surface area (Å²) in [5.41, 5.74) is 9.68. The highest BCUT2D eigenvalue weighted by molar-refractivity contribution is 5.65. The minimum Gasteiger partial charge on any atom is -0.212 e. The molecule has 3 rings (SSSR count). The van der Waals surface area contributed by atoms with Gasteiger partial charge in [-0.3, -0.25) is 0 Å². The Bertz CT molecular complexity index is 1040. The van der Waals surface area contributed by atoms with E-state index in [1.165, 1.54) is 39.1 Å². The summed E-state index contributed by atoms with van der Waals surface area (Å²) in [6.45, 7) is 19.9. The fraction of sp³-hybridized carbons (Fsp3) is 0.379. The molecule has 0 radical (unpaired) electrons. The van der Waals surface area contributed by atoms with E-state index in [9.17, 15) is 0 Å². The Morgan fingerprint density at radius 3 is 2.61 bits per heavy atom. The number of rotatable bonds is 8. The summed E-state index contributed by atoms with van der Waals surface area (Å²) in [5, 5.41) is 0. The van der Waals surface area contributed by atoms with Crippen LogP contribution in [0.5, 0.6) is 0 Å². The summed E-state index contributed by atoms with van der Waals surface area (Å²) in [7, 11) is 0. The van der Waals surface area contributed by atoms with Crippen molar-refractivity contribution in [2.24, 2.45) is 0 Å². The maximum Gasteiger partial charge on any atom is 0.213 e. The third-order valence-corrected chi connectivity index (χ3v) is 6.61. The van der Waals surface area contributed by atoms with Gasteiger partial charge in [-0.2, -0.15) is 4.57 Å². The van der Waals surface area contributed by atoms with E-state index in [4.69, 9.17) is 0 Å². The molecule has 1 aromatic heterocycles. The largest absolute Gasteiger partial charge is 0.213 e. The number of hydrogen-bond acceptors (Lipinski definition) is 0. The molecule has 0 aliphatic carbocycles. The average molecular weight is 415 g/mol. The third kappa shape index (κ3) is 5.12. The lowest BCUT2D eigenvalue weighted by molar-refractivity contribution is -0.722. The zero-order valence-corrected chi connectivity index (χ0v) is 20.0. The number of aryl methyl sites for hydroxylation is 3. The second kappa shape index (κ2) is 10.0. The van der Waals surface area contributed by atoms with Gasteiger partial charge in [0.15, 0.2) is 25.0 Å². The van der Waals surface area contributed by atoms with Crippen LogP contribution in [0, 0.1) is 20.8 Å². The Morgan fingerprint density at radius 1 is 1.13 bits per heavy atom. The first-order valence-electron chi connectivity index (χ1n) is 11.5. The van der Waals surface area contributed by atoms with Gasteiger partial charge in [-0.05, 0) is 70.7 Å². The van der Waals surface area contributed by atoms with Crippen molar-refractivity contribution in [3.63, 3.8) is 0 Å². The van der Waals surface area contributed by atoms with E-state index in [1.54, 1.807) is 0 Å². The van der Waals surface area contributed by atoms with Crippen molar-refractivity contribution in [2.45, 2.75) is 65.8 Å². The fourth-order valence-electron chi connectivity index (χ4n) is 4.83. The highest BCUT2D eigenvalue weighted by atomic mass is 15.0. The van der Waals surface area contributed by atoms with E-state index in [0.717, 1.165) is 25.8 Å². The van der Waals surface area contributed by atoms with Gasteiger partial charge in [0.1, 0.15) is 6.72 Å². The highest BCUT2D eigenvalue weighted by Crippen LogP contribution is 2.43. The lowest BCUT2D eigenvalue weighted by Crippen LogP contribution is -2.48. The van der Waals surface area contributed by atoms with E-state index in [-0.39, 0.29) is 0 Å². The maximum absolute atomic E-state index is 4.20. The van der Waals surface area contributed by atoms with Gasteiger partial charge in [-0.1, -0.05) is 42.0 Å². The minimum atomic E-state index is 0.412. The van der Waals surface area contributed by atoms with Gasteiger partial charge in [0, 0.05) is 23.1 Å². The summed E-state index contributed by atoms with van der Waals surface area (Å²) >= 11 is 0. The van der Waals surface area contributed by atoms with Crippen LogP contribution in [0.3, 0.4) is 0 Å². The standard InChI is InChI=1S/C29H38N2/c1-8-10-21(3)11-13-25-27-18-22(4)12-14-26(27)29-19-23(5)24(6)20-31(29)28(25)15-17-30(7)16-9-2/h8-10,12,14,16,18-20,25,28H,1,7,11,13,15,17H2,2-6H3/q+2/b16-9-,21-10+. The molecule has 2 unspecified atom stereocenters.